The number of Topliss-reactive ketones (excluding diaryl/α,β-unsaturated/α-hetero) is 1. The molecule has 0 saturated carbocycles. The average Bonchev–Trinajstić information content (AvgIpc) is 2.77. The number of methoxy groups -OCH3 is 2. The highest BCUT2D eigenvalue weighted by atomic mass is 16.5. The Kier molecular flexibility index (Phi) is 7.17. The van der Waals surface area contributed by atoms with Crippen LogP contribution in [0.4, 0.5) is 0 Å². The van der Waals surface area contributed by atoms with Gasteiger partial charge in [0.15, 0.2) is 17.3 Å². The summed E-state index contributed by atoms with van der Waals surface area (Å²) in [5.74, 6) is -0.667. The minimum Gasteiger partial charge on any atom is -0.504 e. The summed E-state index contributed by atoms with van der Waals surface area (Å²) in [4.78, 5) is 14.2. The summed E-state index contributed by atoms with van der Waals surface area (Å²) in [6.45, 7) is 8.64. The van der Waals surface area contributed by atoms with Crippen molar-refractivity contribution in [3.8, 4) is 23.0 Å². The van der Waals surface area contributed by atoms with Gasteiger partial charge in [-0.25, -0.2) is 0 Å². The second-order valence-corrected chi connectivity index (χ2v) is 9.16. The monoisotopic (exact) mass is 438 g/mol. The molecule has 3 rings (SSSR count). The maximum absolute atomic E-state index is 14.2. The second kappa shape index (κ2) is 9.68. The van der Waals surface area contributed by atoms with E-state index in [0.717, 1.165) is 12.0 Å². The van der Waals surface area contributed by atoms with E-state index >= 15 is 0 Å². The fourth-order valence-corrected chi connectivity index (χ4v) is 4.93. The number of phenols is 2. The van der Waals surface area contributed by atoms with E-state index in [4.69, 9.17) is 9.47 Å². The lowest BCUT2D eigenvalue weighted by Gasteiger charge is -2.40. The van der Waals surface area contributed by atoms with Gasteiger partial charge in [-0.05, 0) is 42.6 Å². The fraction of sp³-hybridized carbons (Fsp3) is 0.444. The van der Waals surface area contributed by atoms with Crippen LogP contribution in [0.25, 0.3) is 0 Å². The number of benzene rings is 2. The summed E-state index contributed by atoms with van der Waals surface area (Å²) in [5, 5.41) is 21.1. The predicted octanol–water partition coefficient (Wildman–Crippen LogP) is 5.96. The first-order chi connectivity index (χ1) is 15.2. The summed E-state index contributed by atoms with van der Waals surface area (Å²) in [6, 6.07) is 11.4. The molecule has 0 bridgehead atoms. The second-order valence-electron chi connectivity index (χ2n) is 9.16. The molecule has 0 radical (unpaired) electrons. The van der Waals surface area contributed by atoms with E-state index in [2.05, 4.69) is 45.9 Å². The smallest absolute Gasteiger partial charge is 0.203 e. The first kappa shape index (κ1) is 23.7. The standard InChI is InChI=1S/C27H34O5/c1-15(2)17(4)19-12-16(3)13-20(18-10-8-7-9-11-18)23(19)25(29)24-22(31-5)14-21(28)27(32-6)26(24)30/h7-12,14-15,17,19-20,23,28,30H,13H2,1-6H3/t17-,19-,20-,23+/m1/s1. The maximum Gasteiger partial charge on any atom is 0.203 e. The lowest BCUT2D eigenvalue weighted by atomic mass is 9.62. The van der Waals surface area contributed by atoms with Crippen molar-refractivity contribution >= 4 is 5.78 Å². The van der Waals surface area contributed by atoms with Gasteiger partial charge in [-0.15, -0.1) is 0 Å². The van der Waals surface area contributed by atoms with Gasteiger partial charge in [0.05, 0.1) is 14.2 Å². The van der Waals surface area contributed by atoms with Crippen molar-refractivity contribution in [3.05, 3.63) is 59.2 Å². The van der Waals surface area contributed by atoms with Crippen LogP contribution < -0.4 is 9.47 Å². The Hall–Kier alpha value is -2.95. The molecule has 2 aromatic carbocycles. The lowest BCUT2D eigenvalue weighted by molar-refractivity contribution is 0.0795. The van der Waals surface area contributed by atoms with E-state index in [9.17, 15) is 15.0 Å². The maximum atomic E-state index is 14.2. The Morgan fingerprint density at radius 1 is 1.06 bits per heavy atom. The molecule has 0 heterocycles. The third-order valence-electron chi connectivity index (χ3n) is 6.93. The summed E-state index contributed by atoms with van der Waals surface area (Å²) in [6.07, 6.45) is 2.99. The first-order valence-corrected chi connectivity index (χ1v) is 11.1. The number of phenolic OH excluding ortho intramolecular Hbond substituents is 2. The van der Waals surface area contributed by atoms with Crippen LogP contribution in [0.1, 0.15) is 56.0 Å². The van der Waals surface area contributed by atoms with Gasteiger partial charge < -0.3 is 19.7 Å². The number of hydrogen-bond donors (Lipinski definition) is 2. The van der Waals surface area contributed by atoms with Crippen LogP contribution >= 0.6 is 0 Å². The van der Waals surface area contributed by atoms with Crippen molar-refractivity contribution in [2.45, 2.75) is 40.0 Å². The summed E-state index contributed by atoms with van der Waals surface area (Å²) in [7, 11) is 2.77. The zero-order valence-electron chi connectivity index (χ0n) is 19.8. The van der Waals surface area contributed by atoms with Gasteiger partial charge in [0.1, 0.15) is 11.3 Å². The number of ketones is 1. The lowest BCUT2D eigenvalue weighted by Crippen LogP contribution is -2.37. The molecule has 2 aromatic rings. The highest BCUT2D eigenvalue weighted by Gasteiger charge is 2.43. The minimum absolute atomic E-state index is 0.00893. The Morgan fingerprint density at radius 2 is 1.72 bits per heavy atom. The van der Waals surface area contributed by atoms with Gasteiger partial charge in [-0.1, -0.05) is 62.8 Å². The van der Waals surface area contributed by atoms with Gasteiger partial charge in [-0.3, -0.25) is 4.79 Å². The molecule has 1 aliphatic rings. The molecule has 5 nitrogen and oxygen atoms in total. The number of ether oxygens (including phenoxy) is 2. The molecule has 172 valence electrons. The van der Waals surface area contributed by atoms with Crippen LogP contribution in [0.3, 0.4) is 0 Å². The van der Waals surface area contributed by atoms with Crippen molar-refractivity contribution in [1.82, 2.24) is 0 Å². The van der Waals surface area contributed by atoms with E-state index in [-0.39, 0.29) is 52.1 Å². The zero-order chi connectivity index (χ0) is 23.6. The predicted molar refractivity (Wildman–Crippen MR) is 126 cm³/mol. The quantitative estimate of drug-likeness (QED) is 0.412. The Morgan fingerprint density at radius 3 is 2.28 bits per heavy atom. The van der Waals surface area contributed by atoms with E-state index in [1.807, 2.05) is 18.2 Å². The topological polar surface area (TPSA) is 76.0 Å². The van der Waals surface area contributed by atoms with Crippen molar-refractivity contribution in [3.63, 3.8) is 0 Å². The fourth-order valence-electron chi connectivity index (χ4n) is 4.93. The molecule has 0 aromatic heterocycles. The molecule has 0 unspecified atom stereocenters. The molecule has 32 heavy (non-hydrogen) atoms. The van der Waals surface area contributed by atoms with Crippen molar-refractivity contribution in [2.24, 2.45) is 23.7 Å². The first-order valence-electron chi connectivity index (χ1n) is 11.1. The summed E-state index contributed by atoms with van der Waals surface area (Å²) in [5.41, 5.74) is 2.42. The van der Waals surface area contributed by atoms with E-state index in [0.29, 0.717) is 5.92 Å². The molecule has 0 aliphatic heterocycles. The van der Waals surface area contributed by atoms with Crippen molar-refractivity contribution in [1.29, 1.82) is 0 Å². The van der Waals surface area contributed by atoms with Gasteiger partial charge in [0.2, 0.25) is 5.75 Å². The Bertz CT molecular complexity index is 993. The van der Waals surface area contributed by atoms with Crippen LogP contribution in [0.15, 0.2) is 48.0 Å². The number of allylic oxidation sites excluding steroid dienone is 2. The van der Waals surface area contributed by atoms with Gasteiger partial charge in [0.25, 0.3) is 0 Å². The van der Waals surface area contributed by atoms with E-state index in [1.165, 1.54) is 25.9 Å². The highest BCUT2D eigenvalue weighted by Crippen LogP contribution is 2.50. The van der Waals surface area contributed by atoms with Crippen molar-refractivity contribution in [2.75, 3.05) is 14.2 Å². The van der Waals surface area contributed by atoms with Gasteiger partial charge in [0, 0.05) is 12.0 Å². The highest BCUT2D eigenvalue weighted by molar-refractivity contribution is 6.05. The molecule has 1 aliphatic carbocycles. The minimum atomic E-state index is -0.396. The SMILES string of the molecule is COc1cc(O)c(OC)c(O)c1C(=O)[C@H]1[C@@H]([C@H](C)C(C)C)C=C(C)C[C@@H]1c1ccccc1. The van der Waals surface area contributed by atoms with Gasteiger partial charge in [-0.2, -0.15) is 0 Å². The van der Waals surface area contributed by atoms with Crippen LogP contribution in [-0.2, 0) is 0 Å². The van der Waals surface area contributed by atoms with Crippen LogP contribution in [0.5, 0.6) is 23.0 Å². The molecule has 0 spiro atoms. The Balaban J connectivity index is 2.22. The van der Waals surface area contributed by atoms with Crippen LogP contribution in [0, 0.1) is 23.7 Å². The number of aromatic hydroxyl groups is 2. The van der Waals surface area contributed by atoms with E-state index < -0.39 is 5.92 Å². The third kappa shape index (κ3) is 4.34. The van der Waals surface area contributed by atoms with E-state index in [1.54, 1.807) is 0 Å². The molecule has 2 N–H and O–H groups in total. The molecule has 0 amide bonds. The van der Waals surface area contributed by atoms with Gasteiger partial charge >= 0.3 is 0 Å². The normalized spacial score (nSPS) is 21.7. The van der Waals surface area contributed by atoms with Crippen LogP contribution in [-0.4, -0.2) is 30.2 Å². The molecule has 5 heteroatoms. The van der Waals surface area contributed by atoms with Crippen LogP contribution in [0.2, 0.25) is 0 Å². The summed E-state index contributed by atoms with van der Waals surface area (Å²) >= 11 is 0. The number of carbonyl (C=O) groups is 1. The molecule has 4 atom stereocenters. The molecular formula is C27H34O5. The number of hydrogen-bond acceptors (Lipinski definition) is 5. The number of rotatable bonds is 7. The number of carbonyl (C=O) groups excluding carboxylic acids is 1. The third-order valence-corrected chi connectivity index (χ3v) is 6.93. The zero-order valence-corrected chi connectivity index (χ0v) is 19.8. The molecular weight excluding hydrogens is 404 g/mol. The largest absolute Gasteiger partial charge is 0.504 e. The molecule has 0 saturated heterocycles. The average molecular weight is 439 g/mol. The Labute approximate surface area is 190 Å². The molecule has 0 fully saturated rings. The van der Waals surface area contributed by atoms with Crippen molar-refractivity contribution < 1.29 is 24.5 Å². The summed E-state index contributed by atoms with van der Waals surface area (Å²) < 4.78 is 10.6.